The molecular formula is C9H25O5S2Si2-. The van der Waals surface area contributed by atoms with E-state index in [0.717, 1.165) is 18.2 Å². The molecule has 0 saturated carbocycles. The predicted octanol–water partition coefficient (Wildman–Crippen LogP) is 0.501. The van der Waals surface area contributed by atoms with Crippen LogP contribution in [0.25, 0.3) is 0 Å². The summed E-state index contributed by atoms with van der Waals surface area (Å²) in [6.45, 7) is 7.87. The van der Waals surface area contributed by atoms with Gasteiger partial charge in [-0.2, -0.15) is 12.6 Å². The minimum atomic E-state index is -2.37. The Bertz CT molecular complexity index is 188. The van der Waals surface area contributed by atoms with E-state index in [1.807, 2.05) is 20.8 Å². The van der Waals surface area contributed by atoms with E-state index < -0.39 is 19.3 Å². The van der Waals surface area contributed by atoms with Crippen molar-refractivity contribution in [2.24, 2.45) is 0 Å². The Morgan fingerprint density at radius 3 is 1.72 bits per heavy atom. The maximum Gasteiger partial charge on any atom is 0.500 e. The molecule has 0 N–H and O–H groups in total. The number of thiol groups is 1. The fraction of sp³-hybridized carbons (Fsp3) is 1.00. The van der Waals surface area contributed by atoms with E-state index in [-0.39, 0.29) is 9.39 Å². The van der Waals surface area contributed by atoms with Gasteiger partial charge in [0.1, 0.15) is 0 Å². The van der Waals surface area contributed by atoms with Crippen LogP contribution in [0.15, 0.2) is 0 Å². The molecule has 0 spiro atoms. The first-order chi connectivity index (χ1) is 8.47. The van der Waals surface area contributed by atoms with E-state index in [2.05, 4.69) is 12.6 Å². The first kappa shape index (κ1) is 21.1. The van der Waals surface area contributed by atoms with Gasteiger partial charge in [-0.25, -0.2) is 0 Å². The van der Waals surface area contributed by atoms with Crippen LogP contribution in [0.1, 0.15) is 27.2 Å². The average Bonchev–Trinajstić information content (AvgIpc) is 2.27. The topological polar surface area (TPSA) is 67.8 Å². The largest absolute Gasteiger partial charge is 0.778 e. The van der Waals surface area contributed by atoms with Gasteiger partial charge in [-0.05, 0) is 32.9 Å². The lowest BCUT2D eigenvalue weighted by Crippen LogP contribution is -2.46. The van der Waals surface area contributed by atoms with Crippen LogP contribution in [0.3, 0.4) is 0 Å². The fourth-order valence-electron chi connectivity index (χ4n) is 1.30. The van der Waals surface area contributed by atoms with Gasteiger partial charge < -0.3 is 17.8 Å². The summed E-state index contributed by atoms with van der Waals surface area (Å²) in [5.74, 6) is 0.849. The van der Waals surface area contributed by atoms with Gasteiger partial charge in [0, 0.05) is 25.9 Å². The molecule has 9 heteroatoms. The first-order valence-corrected chi connectivity index (χ1v) is 12.5. The molecule has 0 radical (unpaired) electrons. The Labute approximate surface area is 122 Å². The molecule has 1 atom stereocenters. The summed E-state index contributed by atoms with van der Waals surface area (Å²) in [4.78, 5) is 0. The van der Waals surface area contributed by atoms with Gasteiger partial charge in [0.15, 0.2) is 0 Å². The van der Waals surface area contributed by atoms with Crippen molar-refractivity contribution in [3.63, 3.8) is 0 Å². The zero-order valence-corrected chi connectivity index (χ0v) is 16.4. The van der Waals surface area contributed by atoms with Gasteiger partial charge in [0.25, 0.3) is 0 Å². The summed E-state index contributed by atoms with van der Waals surface area (Å²) in [7, 11) is -3.82. The monoisotopic (exact) mass is 333 g/mol. The quantitative estimate of drug-likeness (QED) is 0.378. The normalized spacial score (nSPS) is 12.9. The van der Waals surface area contributed by atoms with Crippen molar-refractivity contribution in [3.8, 4) is 0 Å². The lowest BCUT2D eigenvalue weighted by Gasteiger charge is -2.28. The van der Waals surface area contributed by atoms with E-state index in [1.165, 1.54) is 0 Å². The summed E-state index contributed by atoms with van der Waals surface area (Å²) in [6.07, 6.45) is 0.981. The molecule has 0 saturated heterocycles. The summed E-state index contributed by atoms with van der Waals surface area (Å²) >= 11 is 4.19. The van der Waals surface area contributed by atoms with Crippen molar-refractivity contribution in [3.05, 3.63) is 0 Å². The molecule has 0 aliphatic carbocycles. The zero-order chi connectivity index (χ0) is 14.4. The maximum atomic E-state index is 9.06. The molecule has 0 bridgehead atoms. The highest BCUT2D eigenvalue weighted by Crippen LogP contribution is 2.18. The highest BCUT2D eigenvalue weighted by Gasteiger charge is 2.39. The van der Waals surface area contributed by atoms with Gasteiger partial charge in [-0.3, -0.25) is 4.21 Å². The highest BCUT2D eigenvalue weighted by atomic mass is 32.4. The van der Waals surface area contributed by atoms with Gasteiger partial charge in [-0.1, -0.05) is 10.5 Å². The van der Waals surface area contributed by atoms with Gasteiger partial charge >= 0.3 is 8.80 Å². The van der Waals surface area contributed by atoms with Gasteiger partial charge in [0.2, 0.25) is 0 Å². The van der Waals surface area contributed by atoms with Crippen LogP contribution in [0.2, 0.25) is 6.04 Å². The molecule has 0 aromatic rings. The molecule has 1 unspecified atom stereocenters. The standard InChI is InChI=1S/C9H22O3SSi.H4O2SSi/c1-4-10-14(11-5-2,12-6-3)9-7-8-13;1-3(2)4/h13H,4-9H2,1-3H3;4H3,(H,1,2)/p-1. The van der Waals surface area contributed by atoms with Crippen molar-refractivity contribution < 1.29 is 22.0 Å². The summed E-state index contributed by atoms with van der Waals surface area (Å²) in [6, 6.07) is 0.867. The summed E-state index contributed by atoms with van der Waals surface area (Å²) < 4.78 is 35.1. The second-order valence-corrected chi connectivity index (χ2v) is 9.19. The third kappa shape index (κ3) is 13.2. The van der Waals surface area contributed by atoms with Crippen LogP contribution in [-0.2, 0) is 23.8 Å². The molecule has 0 amide bonds. The van der Waals surface area contributed by atoms with E-state index in [4.69, 9.17) is 22.0 Å². The van der Waals surface area contributed by atoms with Crippen LogP contribution >= 0.6 is 12.6 Å². The number of hydrogen-bond donors (Lipinski definition) is 1. The maximum absolute atomic E-state index is 9.06. The van der Waals surface area contributed by atoms with Gasteiger partial charge in [-0.15, -0.1) is 0 Å². The molecule has 0 aromatic heterocycles. The summed E-state index contributed by atoms with van der Waals surface area (Å²) in [5, 5.41) is 0. The summed E-state index contributed by atoms with van der Waals surface area (Å²) in [5.41, 5.74) is 0. The Morgan fingerprint density at radius 1 is 1.17 bits per heavy atom. The molecule has 0 aromatic carbocycles. The second-order valence-electron chi connectivity index (χ2n) is 3.21. The molecule has 0 aliphatic heterocycles. The van der Waals surface area contributed by atoms with Crippen molar-refractivity contribution in [2.45, 2.75) is 33.2 Å². The van der Waals surface area contributed by atoms with Crippen LogP contribution in [0.5, 0.6) is 0 Å². The second kappa shape index (κ2) is 14.2. The fourth-order valence-corrected chi connectivity index (χ4v) is 4.36. The number of rotatable bonds is 9. The minimum absolute atomic E-state index is 0.265. The van der Waals surface area contributed by atoms with Gasteiger partial charge in [0.05, 0.1) is 9.39 Å². The smallest absolute Gasteiger partial charge is 0.500 e. The molecule has 0 aliphatic rings. The Morgan fingerprint density at radius 2 is 1.50 bits per heavy atom. The van der Waals surface area contributed by atoms with Crippen molar-refractivity contribution in [2.75, 3.05) is 25.6 Å². The SMILES string of the molecule is CCO[Si](CCCS)(OCC)OCC.O=S([O-])[SiH3]. The number of hydrogen-bond acceptors (Lipinski definition) is 6. The minimum Gasteiger partial charge on any atom is -0.778 e. The van der Waals surface area contributed by atoms with E-state index in [1.54, 1.807) is 0 Å². The van der Waals surface area contributed by atoms with Crippen LogP contribution in [0, 0.1) is 0 Å². The Kier molecular flexibility index (Phi) is 16.6. The molecule has 18 heavy (non-hydrogen) atoms. The lowest BCUT2D eigenvalue weighted by atomic mass is 10.6. The molecule has 5 nitrogen and oxygen atoms in total. The predicted molar refractivity (Wildman–Crippen MR) is 82.8 cm³/mol. The zero-order valence-electron chi connectivity index (χ0n) is 11.6. The Hall–Kier alpha value is 0.774. The molecule has 112 valence electrons. The first-order valence-electron chi connectivity index (χ1n) is 6.01. The molecule has 0 heterocycles. The lowest BCUT2D eigenvalue weighted by molar-refractivity contribution is 0.0712. The van der Waals surface area contributed by atoms with E-state index in [0.29, 0.717) is 19.8 Å². The third-order valence-electron chi connectivity index (χ3n) is 1.73. The van der Waals surface area contributed by atoms with Crippen LogP contribution in [-0.4, -0.2) is 52.5 Å². The van der Waals surface area contributed by atoms with Crippen molar-refractivity contribution in [1.29, 1.82) is 0 Å². The Balaban J connectivity index is 0. The van der Waals surface area contributed by atoms with Crippen molar-refractivity contribution >= 4 is 41.4 Å². The van der Waals surface area contributed by atoms with E-state index in [9.17, 15) is 0 Å². The third-order valence-corrected chi connectivity index (χ3v) is 5.20. The van der Waals surface area contributed by atoms with Crippen molar-refractivity contribution in [1.82, 2.24) is 0 Å². The molecule has 0 fully saturated rings. The van der Waals surface area contributed by atoms with Crippen LogP contribution < -0.4 is 0 Å². The highest BCUT2D eigenvalue weighted by molar-refractivity contribution is 8.01. The molecular weight excluding hydrogens is 308 g/mol. The average molecular weight is 334 g/mol. The van der Waals surface area contributed by atoms with E-state index >= 15 is 0 Å². The van der Waals surface area contributed by atoms with Crippen LogP contribution in [0.4, 0.5) is 0 Å². The molecule has 0 rings (SSSR count).